The molecule has 0 unspecified atom stereocenters. The Morgan fingerprint density at radius 3 is 2.95 bits per heavy atom. The largest absolute Gasteiger partial charge is 0.369 e. The van der Waals surface area contributed by atoms with Crippen LogP contribution in [-0.2, 0) is 16.1 Å². The van der Waals surface area contributed by atoms with Gasteiger partial charge < -0.3 is 10.6 Å². The first kappa shape index (κ1) is 13.8. The van der Waals surface area contributed by atoms with Gasteiger partial charge >= 0.3 is 0 Å². The van der Waals surface area contributed by atoms with Crippen molar-refractivity contribution in [3.63, 3.8) is 0 Å². The molecule has 2 N–H and O–H groups in total. The molecule has 5 nitrogen and oxygen atoms in total. The van der Waals surface area contributed by atoms with Crippen LogP contribution in [0.15, 0.2) is 30.5 Å². The molecule has 0 spiro atoms. The fourth-order valence-corrected chi connectivity index (χ4v) is 2.88. The topological polar surface area (TPSA) is 76.3 Å². The lowest BCUT2D eigenvalue weighted by Crippen LogP contribution is -2.33. The van der Waals surface area contributed by atoms with E-state index in [1.54, 1.807) is 11.1 Å². The average Bonchev–Trinajstić information content (AvgIpc) is 2.81. The second kappa shape index (κ2) is 5.33. The average molecular weight is 304 g/mol. The maximum atomic E-state index is 12.1. The van der Waals surface area contributed by atoms with Crippen LogP contribution >= 0.6 is 11.6 Å². The molecule has 0 saturated carbocycles. The van der Waals surface area contributed by atoms with Gasteiger partial charge in [0.05, 0.1) is 0 Å². The zero-order chi connectivity index (χ0) is 15.0. The Bertz CT molecular complexity index is 732. The fourth-order valence-electron chi connectivity index (χ4n) is 2.66. The van der Waals surface area contributed by atoms with Crippen molar-refractivity contribution >= 4 is 34.2 Å². The quantitative estimate of drug-likeness (QED) is 0.693. The Labute approximate surface area is 126 Å². The molecule has 6 heteroatoms. The van der Waals surface area contributed by atoms with Crippen LogP contribution in [0.4, 0.5) is 0 Å². The Hall–Kier alpha value is -2.14. The third-order valence-electron chi connectivity index (χ3n) is 3.80. The smallest absolute Gasteiger partial charge is 0.235 e. The van der Waals surface area contributed by atoms with Gasteiger partial charge in [0.15, 0.2) is 0 Å². The highest BCUT2D eigenvalue weighted by Crippen LogP contribution is 2.25. The molecule has 1 aliphatic rings. The summed E-state index contributed by atoms with van der Waals surface area (Å²) in [6.07, 6.45) is 2.15. The van der Waals surface area contributed by atoms with E-state index in [4.69, 9.17) is 17.3 Å². The SMILES string of the molecule is NC(=O)[C@H]1CCN(Cc2ccc3ccnc(Cl)c3c2)C1=O. The van der Waals surface area contributed by atoms with Gasteiger partial charge in [0.25, 0.3) is 0 Å². The molecule has 0 radical (unpaired) electrons. The predicted octanol–water partition coefficient (Wildman–Crippen LogP) is 1.72. The number of benzene rings is 1. The summed E-state index contributed by atoms with van der Waals surface area (Å²) in [5.41, 5.74) is 6.18. The van der Waals surface area contributed by atoms with Crippen molar-refractivity contribution in [2.45, 2.75) is 13.0 Å². The minimum absolute atomic E-state index is 0.195. The Kier molecular flexibility index (Phi) is 3.51. The summed E-state index contributed by atoms with van der Waals surface area (Å²) in [4.78, 5) is 29.0. The van der Waals surface area contributed by atoms with Crippen LogP contribution in [0.1, 0.15) is 12.0 Å². The number of amides is 2. The van der Waals surface area contributed by atoms with Crippen LogP contribution in [0.25, 0.3) is 10.8 Å². The van der Waals surface area contributed by atoms with Crippen LogP contribution in [0, 0.1) is 5.92 Å². The summed E-state index contributed by atoms with van der Waals surface area (Å²) < 4.78 is 0. The molecular formula is C15H14ClN3O2. The number of hydrogen-bond donors (Lipinski definition) is 1. The molecule has 1 aliphatic heterocycles. The van der Waals surface area contributed by atoms with Crippen molar-refractivity contribution in [3.05, 3.63) is 41.2 Å². The van der Waals surface area contributed by atoms with E-state index in [2.05, 4.69) is 4.98 Å². The molecule has 1 atom stereocenters. The Morgan fingerprint density at radius 1 is 1.43 bits per heavy atom. The molecule has 1 fully saturated rings. The molecule has 2 amide bonds. The second-order valence-electron chi connectivity index (χ2n) is 5.16. The van der Waals surface area contributed by atoms with E-state index in [1.165, 1.54) is 0 Å². The molecule has 2 aromatic rings. The lowest BCUT2D eigenvalue weighted by Gasteiger charge is -2.16. The molecule has 1 aromatic carbocycles. The number of nitrogens with two attached hydrogens (primary N) is 1. The zero-order valence-corrected chi connectivity index (χ0v) is 12.0. The predicted molar refractivity (Wildman–Crippen MR) is 79.5 cm³/mol. The minimum Gasteiger partial charge on any atom is -0.369 e. The summed E-state index contributed by atoms with van der Waals surface area (Å²) in [6.45, 7) is 0.995. The number of aromatic nitrogens is 1. The van der Waals surface area contributed by atoms with E-state index < -0.39 is 11.8 Å². The standard InChI is InChI=1S/C15H14ClN3O2/c16-13-12-7-9(1-2-10(12)3-5-18-13)8-19-6-4-11(14(17)20)15(19)21/h1-3,5,7,11H,4,6,8H2,(H2,17,20)/t11-/m1/s1. The summed E-state index contributed by atoms with van der Waals surface area (Å²) in [5, 5.41) is 2.30. The number of halogens is 1. The fraction of sp³-hybridized carbons (Fsp3) is 0.267. The summed E-state index contributed by atoms with van der Waals surface area (Å²) >= 11 is 6.09. The van der Waals surface area contributed by atoms with Gasteiger partial charge in [-0.2, -0.15) is 0 Å². The Balaban J connectivity index is 1.84. The summed E-state index contributed by atoms with van der Waals surface area (Å²) in [7, 11) is 0. The van der Waals surface area contributed by atoms with Crippen molar-refractivity contribution in [2.75, 3.05) is 6.54 Å². The van der Waals surface area contributed by atoms with E-state index in [9.17, 15) is 9.59 Å². The molecule has 2 heterocycles. The Morgan fingerprint density at radius 2 is 2.24 bits per heavy atom. The number of pyridine rings is 1. The highest BCUT2D eigenvalue weighted by atomic mass is 35.5. The van der Waals surface area contributed by atoms with Crippen LogP contribution in [0.5, 0.6) is 0 Å². The van der Waals surface area contributed by atoms with E-state index >= 15 is 0 Å². The summed E-state index contributed by atoms with van der Waals surface area (Å²) in [5.74, 6) is -1.43. The highest BCUT2D eigenvalue weighted by molar-refractivity contribution is 6.34. The van der Waals surface area contributed by atoms with E-state index in [-0.39, 0.29) is 5.91 Å². The summed E-state index contributed by atoms with van der Waals surface area (Å²) in [6, 6.07) is 7.71. The lowest BCUT2D eigenvalue weighted by atomic mass is 10.1. The van der Waals surface area contributed by atoms with E-state index in [0.717, 1.165) is 16.3 Å². The molecular weight excluding hydrogens is 290 g/mol. The first-order valence-corrected chi connectivity index (χ1v) is 7.05. The first-order chi connectivity index (χ1) is 10.1. The van der Waals surface area contributed by atoms with E-state index in [1.807, 2.05) is 24.3 Å². The van der Waals surface area contributed by atoms with Crippen molar-refractivity contribution in [2.24, 2.45) is 11.7 Å². The van der Waals surface area contributed by atoms with Crippen LogP contribution in [0.2, 0.25) is 5.15 Å². The number of nitrogens with zero attached hydrogens (tertiary/aromatic N) is 2. The van der Waals surface area contributed by atoms with Gasteiger partial charge in [-0.15, -0.1) is 0 Å². The molecule has 21 heavy (non-hydrogen) atoms. The molecule has 0 bridgehead atoms. The van der Waals surface area contributed by atoms with Gasteiger partial charge in [0.1, 0.15) is 11.1 Å². The molecule has 108 valence electrons. The molecule has 1 aromatic heterocycles. The van der Waals surface area contributed by atoms with Gasteiger partial charge in [-0.3, -0.25) is 9.59 Å². The lowest BCUT2D eigenvalue weighted by molar-refractivity contribution is -0.136. The number of carbonyl (C=O) groups excluding carboxylic acids is 2. The number of likely N-dealkylation sites (tertiary alicyclic amines) is 1. The number of rotatable bonds is 3. The van der Waals surface area contributed by atoms with Gasteiger partial charge in [-0.05, 0) is 29.5 Å². The maximum absolute atomic E-state index is 12.1. The van der Waals surface area contributed by atoms with Crippen LogP contribution in [0.3, 0.4) is 0 Å². The van der Waals surface area contributed by atoms with Crippen LogP contribution < -0.4 is 5.73 Å². The number of fused-ring (bicyclic) bond motifs is 1. The normalized spacial score (nSPS) is 18.4. The van der Waals surface area contributed by atoms with Gasteiger partial charge in [0.2, 0.25) is 11.8 Å². The van der Waals surface area contributed by atoms with Crippen LogP contribution in [-0.4, -0.2) is 28.2 Å². The van der Waals surface area contributed by atoms with Gasteiger partial charge in [0, 0.05) is 24.7 Å². The molecule has 0 aliphatic carbocycles. The number of primary amides is 1. The third kappa shape index (κ3) is 2.56. The zero-order valence-electron chi connectivity index (χ0n) is 11.3. The number of carbonyl (C=O) groups is 2. The monoisotopic (exact) mass is 303 g/mol. The third-order valence-corrected chi connectivity index (χ3v) is 4.10. The first-order valence-electron chi connectivity index (χ1n) is 6.67. The van der Waals surface area contributed by atoms with Crippen molar-refractivity contribution < 1.29 is 9.59 Å². The number of hydrogen-bond acceptors (Lipinski definition) is 3. The highest BCUT2D eigenvalue weighted by Gasteiger charge is 2.35. The van der Waals surface area contributed by atoms with Gasteiger partial charge in [-0.25, -0.2) is 4.98 Å². The molecule has 3 rings (SSSR count). The minimum atomic E-state index is -0.685. The van der Waals surface area contributed by atoms with Crippen molar-refractivity contribution in [1.82, 2.24) is 9.88 Å². The van der Waals surface area contributed by atoms with Crippen molar-refractivity contribution in [3.8, 4) is 0 Å². The molecule has 1 saturated heterocycles. The second-order valence-corrected chi connectivity index (χ2v) is 5.52. The van der Waals surface area contributed by atoms with E-state index in [0.29, 0.717) is 24.7 Å². The van der Waals surface area contributed by atoms with Crippen molar-refractivity contribution in [1.29, 1.82) is 0 Å². The maximum Gasteiger partial charge on any atom is 0.235 e. The van der Waals surface area contributed by atoms with Gasteiger partial charge in [-0.1, -0.05) is 23.7 Å².